The van der Waals surface area contributed by atoms with Crippen molar-refractivity contribution in [3.8, 4) is 17.0 Å². The second kappa shape index (κ2) is 11.2. The highest BCUT2D eigenvalue weighted by Crippen LogP contribution is 2.44. The number of nitrogens with two attached hydrogens (primary N) is 1. The Morgan fingerprint density at radius 2 is 1.84 bits per heavy atom. The van der Waals surface area contributed by atoms with Crippen LogP contribution in [0.15, 0.2) is 36.7 Å². The van der Waals surface area contributed by atoms with Gasteiger partial charge in [0.1, 0.15) is 29.4 Å². The van der Waals surface area contributed by atoms with E-state index in [0.717, 1.165) is 54.9 Å². The first-order valence-corrected chi connectivity index (χ1v) is 15.4. The number of carbonyl (C=O) groups is 1. The zero-order valence-corrected chi connectivity index (χ0v) is 25.8. The summed E-state index contributed by atoms with van der Waals surface area (Å²) >= 11 is 0. The third kappa shape index (κ3) is 5.68. The van der Waals surface area contributed by atoms with Crippen LogP contribution in [0.5, 0.6) is 5.75 Å². The zero-order valence-electron chi connectivity index (χ0n) is 25.8. The number of nitrogens with zero attached hydrogens (tertiary/aromatic N) is 3. The van der Waals surface area contributed by atoms with E-state index in [9.17, 15) is 9.90 Å². The van der Waals surface area contributed by atoms with Crippen molar-refractivity contribution in [2.24, 2.45) is 5.92 Å². The van der Waals surface area contributed by atoms with Crippen LogP contribution in [0.4, 0.5) is 10.5 Å². The topological polar surface area (TPSA) is 138 Å². The van der Waals surface area contributed by atoms with Gasteiger partial charge in [0.15, 0.2) is 5.69 Å². The Bertz CT molecular complexity index is 1580. The van der Waals surface area contributed by atoms with Crippen molar-refractivity contribution in [1.82, 2.24) is 24.8 Å². The van der Waals surface area contributed by atoms with Crippen LogP contribution in [0.3, 0.4) is 0 Å². The minimum Gasteiger partial charge on any atom is -0.505 e. The number of hydrogen-bond donors (Lipinski definition) is 4. The lowest BCUT2D eigenvalue weighted by Crippen LogP contribution is -2.36. The van der Waals surface area contributed by atoms with Gasteiger partial charge in [-0.25, -0.2) is 19.7 Å². The molecule has 6 N–H and O–H groups in total. The first kappa shape index (κ1) is 29.0. The summed E-state index contributed by atoms with van der Waals surface area (Å²) in [5, 5.41) is 11.2. The number of hydrogen-bond acceptors (Lipinski definition) is 6. The third-order valence-electron chi connectivity index (χ3n) is 8.97. The number of anilines is 1. The number of amides is 1. The molecule has 0 saturated carbocycles. The molecule has 3 aromatic rings. The summed E-state index contributed by atoms with van der Waals surface area (Å²) in [7, 11) is 2.18. The molecule has 2 fully saturated rings. The molecule has 2 aliphatic heterocycles. The van der Waals surface area contributed by atoms with Gasteiger partial charge in [-0.05, 0) is 84.0 Å². The monoisotopic (exact) mass is 586 g/mol. The van der Waals surface area contributed by atoms with Crippen molar-refractivity contribution < 1.29 is 19.6 Å². The van der Waals surface area contributed by atoms with E-state index in [2.05, 4.69) is 57.2 Å². The maximum Gasteiger partial charge on any atom is 0.410 e. The van der Waals surface area contributed by atoms with Crippen LogP contribution in [0.1, 0.15) is 94.8 Å². The number of rotatable bonds is 5. The summed E-state index contributed by atoms with van der Waals surface area (Å²) in [4.78, 5) is 31.9. The predicted molar refractivity (Wildman–Crippen MR) is 167 cm³/mol. The van der Waals surface area contributed by atoms with Crippen molar-refractivity contribution in [2.75, 3.05) is 25.9 Å². The normalized spacial score (nSPS) is 23.0. The number of aromatic hydroxyl groups is 1. The van der Waals surface area contributed by atoms with E-state index < -0.39 is 5.60 Å². The lowest BCUT2D eigenvalue weighted by molar-refractivity contribution is -0.394. The molecule has 2 aromatic heterocycles. The fraction of sp³-hybridized carbons (Fsp3) is 0.485. The number of allylic oxidation sites excluding steroid dienone is 4. The van der Waals surface area contributed by atoms with Gasteiger partial charge < -0.3 is 20.6 Å². The second-order valence-corrected chi connectivity index (χ2v) is 13.2. The number of aromatic nitrogens is 4. The number of benzene rings is 1. The second-order valence-electron chi connectivity index (χ2n) is 13.2. The van der Waals surface area contributed by atoms with E-state index in [1.807, 2.05) is 32.9 Å². The first-order valence-electron chi connectivity index (χ1n) is 15.4. The number of nitrogen functional groups attached to an aromatic ring is 1. The highest BCUT2D eigenvalue weighted by molar-refractivity contribution is 5.88. The Kier molecular flexibility index (Phi) is 7.58. The number of ether oxygens (including phenoxy) is 1. The summed E-state index contributed by atoms with van der Waals surface area (Å²) in [6.45, 7) is 9.53. The Hall–Kier alpha value is -4.05. The van der Waals surface area contributed by atoms with Gasteiger partial charge in [-0.15, -0.1) is 0 Å². The van der Waals surface area contributed by atoms with Crippen molar-refractivity contribution in [1.29, 1.82) is 0 Å². The van der Waals surface area contributed by atoms with E-state index in [1.54, 1.807) is 11.1 Å². The van der Waals surface area contributed by atoms with E-state index in [1.165, 1.54) is 12.0 Å². The molecule has 10 heteroatoms. The standard InChI is InChI=1S/C33H43N7O3/c1-19-16-20(24-17-35-30(37-24)26-8-6-14-39(26)5)10-11-21(19)22-12-13-23(29(41)28(22)34)25-18-36-31(38-25)27-9-7-15-40(27)32(42)43-33(2,3)4/h10-13,17-19,26-27,41H,6-9,14-16,34H2,1-5H3,(H,35,37)(H,36,38)/p+1/t19?,26-,27-/m0/s1. The van der Waals surface area contributed by atoms with E-state index in [4.69, 9.17) is 10.5 Å². The van der Waals surface area contributed by atoms with Gasteiger partial charge in [-0.3, -0.25) is 9.80 Å². The number of phenolic OH excluding ortho intramolecular Hbond substituents is 1. The number of carbonyl (C=O) groups excluding carboxylic acids is 1. The average molecular weight is 587 g/mol. The quantitative estimate of drug-likeness (QED) is 0.219. The Morgan fingerprint density at radius 3 is 2.56 bits per heavy atom. The molecule has 4 heterocycles. The van der Waals surface area contributed by atoms with Crippen molar-refractivity contribution in [2.45, 2.75) is 77.5 Å². The fourth-order valence-corrected chi connectivity index (χ4v) is 6.72. The molecule has 1 unspecified atom stereocenters. The molecule has 1 aromatic carbocycles. The molecule has 0 spiro atoms. The number of nitrogens with one attached hydrogen (secondary N) is 3. The van der Waals surface area contributed by atoms with Crippen molar-refractivity contribution in [3.63, 3.8) is 0 Å². The van der Waals surface area contributed by atoms with Gasteiger partial charge >= 0.3 is 6.09 Å². The predicted octanol–water partition coefficient (Wildman–Crippen LogP) is 5.85. The summed E-state index contributed by atoms with van der Waals surface area (Å²) in [6.07, 6.45) is 12.6. The molecule has 43 heavy (non-hydrogen) atoms. The molecular weight excluding hydrogens is 542 g/mol. The van der Waals surface area contributed by atoms with E-state index >= 15 is 0 Å². The minimum absolute atomic E-state index is 0.0234. The number of likely N-dealkylation sites (tertiary alicyclic amines) is 2. The molecule has 228 valence electrons. The molecule has 2 saturated heterocycles. The van der Waals surface area contributed by atoms with Crippen LogP contribution in [-0.4, -0.2) is 61.7 Å². The maximum absolute atomic E-state index is 12.8. The maximum atomic E-state index is 12.8. The Balaban J connectivity index is 1.21. The first-order chi connectivity index (χ1) is 20.5. The van der Waals surface area contributed by atoms with Crippen molar-refractivity contribution >= 4 is 22.9 Å². The Labute approximate surface area is 253 Å². The molecular formula is C33H44N7O3+. The fourth-order valence-electron chi connectivity index (χ4n) is 6.72. The largest absolute Gasteiger partial charge is 0.505 e. The van der Waals surface area contributed by atoms with Gasteiger partial charge in [0, 0.05) is 23.2 Å². The molecule has 0 bridgehead atoms. The van der Waals surface area contributed by atoms with Crippen LogP contribution in [-0.2, 0) is 4.74 Å². The molecule has 1 amide bonds. The number of phenols is 1. The molecule has 6 rings (SSSR count). The number of imidazole rings is 2. The van der Waals surface area contributed by atoms with E-state index in [0.29, 0.717) is 35.4 Å². The van der Waals surface area contributed by atoms with Gasteiger partial charge in [0.25, 0.3) is 5.82 Å². The van der Waals surface area contributed by atoms with E-state index in [-0.39, 0.29) is 23.8 Å². The molecule has 10 nitrogen and oxygen atoms in total. The minimum atomic E-state index is -0.567. The molecule has 0 radical (unpaired) electrons. The average Bonchev–Trinajstić information content (AvgIpc) is 3.75. The lowest BCUT2D eigenvalue weighted by atomic mass is 9.83. The van der Waals surface area contributed by atoms with Crippen molar-refractivity contribution in [3.05, 3.63) is 59.6 Å². The van der Waals surface area contributed by atoms with Gasteiger partial charge in [-0.1, -0.05) is 25.1 Å². The summed E-state index contributed by atoms with van der Waals surface area (Å²) in [5.41, 5.74) is 11.9. The molecule has 3 atom stereocenters. The highest BCUT2D eigenvalue weighted by atomic mass is 16.6. The van der Waals surface area contributed by atoms with Crippen LogP contribution >= 0.6 is 0 Å². The third-order valence-corrected chi connectivity index (χ3v) is 8.97. The summed E-state index contributed by atoms with van der Waals surface area (Å²) < 4.78 is 5.61. The lowest BCUT2D eigenvalue weighted by Gasteiger charge is -2.27. The summed E-state index contributed by atoms with van der Waals surface area (Å²) in [5.74, 6) is 2.07. The van der Waals surface area contributed by atoms with Crippen LogP contribution in [0, 0.1) is 5.92 Å². The molecule has 3 aliphatic rings. The van der Waals surface area contributed by atoms with Gasteiger partial charge in [0.2, 0.25) is 0 Å². The van der Waals surface area contributed by atoms with Gasteiger partial charge in [-0.2, -0.15) is 0 Å². The molecule has 1 aliphatic carbocycles. The number of aromatic amines is 3. The van der Waals surface area contributed by atoms with Crippen LogP contribution < -0.4 is 10.7 Å². The summed E-state index contributed by atoms with van der Waals surface area (Å²) in [6, 6.07) is 4.07. The highest BCUT2D eigenvalue weighted by Gasteiger charge is 2.35. The smallest absolute Gasteiger partial charge is 0.410 e. The zero-order chi connectivity index (χ0) is 30.5. The van der Waals surface area contributed by atoms with Crippen LogP contribution in [0.25, 0.3) is 22.4 Å². The van der Waals surface area contributed by atoms with Gasteiger partial charge in [0.05, 0.1) is 23.6 Å². The number of H-pyrrole nitrogens is 3. The Morgan fingerprint density at radius 1 is 1.09 bits per heavy atom. The SMILES string of the molecule is CC1CC(c2c[nH+]c([C@@H]3CCCN3C)[nH]2)=CC=C1c1ccc(-c2cnc([C@@H]3CCCN3C(=O)OC(C)(C)C)[nH]2)c(O)c1N. The van der Waals surface area contributed by atoms with Crippen LogP contribution in [0.2, 0.25) is 0 Å².